The minimum absolute atomic E-state index is 0.0174. The van der Waals surface area contributed by atoms with E-state index in [0.29, 0.717) is 5.56 Å². The molecule has 6 heteroatoms. The molecule has 0 saturated heterocycles. The molecule has 1 aromatic carbocycles. The van der Waals surface area contributed by atoms with Crippen molar-refractivity contribution in [3.8, 4) is 0 Å². The lowest BCUT2D eigenvalue weighted by atomic mass is 10.0. The van der Waals surface area contributed by atoms with Crippen LogP contribution in [-0.2, 0) is 11.4 Å². The zero-order valence-corrected chi connectivity index (χ0v) is 12.8. The number of benzene rings is 1. The molecule has 0 radical (unpaired) electrons. The number of hydrogen-bond acceptors (Lipinski definition) is 3. The summed E-state index contributed by atoms with van der Waals surface area (Å²) in [5.74, 6) is -0.541. The normalized spacial score (nSPS) is 15.3. The molecule has 0 amide bonds. The molecule has 0 fully saturated rings. The van der Waals surface area contributed by atoms with Crippen LogP contribution in [0.2, 0.25) is 5.02 Å². The molecule has 108 valence electrons. The van der Waals surface area contributed by atoms with Crippen molar-refractivity contribution in [2.45, 2.75) is 38.0 Å². The highest BCUT2D eigenvalue weighted by Gasteiger charge is 2.30. The van der Waals surface area contributed by atoms with Crippen molar-refractivity contribution in [1.82, 2.24) is 4.72 Å². The molecule has 0 aliphatic carbocycles. The van der Waals surface area contributed by atoms with Crippen LogP contribution in [-0.4, -0.2) is 21.0 Å². The van der Waals surface area contributed by atoms with E-state index in [4.69, 9.17) is 16.7 Å². The standard InChI is InChI=1S/C13H19ClFNO2S/c1-13(2,3)19(18)16-11(7-8-17)9-5-4-6-10(14)12(9)15/h4-6,11,16-17H,7-8H2,1-3H3. The van der Waals surface area contributed by atoms with Gasteiger partial charge in [-0.3, -0.25) is 0 Å². The maximum atomic E-state index is 14.0. The average Bonchev–Trinajstić information content (AvgIpc) is 2.31. The van der Waals surface area contributed by atoms with Gasteiger partial charge in [0, 0.05) is 23.5 Å². The molecule has 0 aliphatic heterocycles. The molecular weight excluding hydrogens is 289 g/mol. The second-order valence-corrected chi connectivity index (χ2v) is 7.61. The van der Waals surface area contributed by atoms with E-state index in [9.17, 15) is 8.94 Å². The molecule has 0 bridgehead atoms. The van der Waals surface area contributed by atoms with Gasteiger partial charge in [-0.2, -0.15) is 0 Å². The Morgan fingerprint density at radius 1 is 1.47 bits per heavy atom. The Kier molecular flexibility index (Phi) is 6.08. The van der Waals surface area contributed by atoms with Crippen LogP contribution in [0.1, 0.15) is 38.8 Å². The summed E-state index contributed by atoms with van der Waals surface area (Å²) in [6.07, 6.45) is 0.263. The van der Waals surface area contributed by atoms with Crippen LogP contribution < -0.4 is 4.72 Å². The molecule has 1 rings (SSSR count). The number of rotatable bonds is 5. The van der Waals surface area contributed by atoms with Crippen LogP contribution in [0.25, 0.3) is 0 Å². The lowest BCUT2D eigenvalue weighted by Crippen LogP contribution is -2.41. The fourth-order valence-electron chi connectivity index (χ4n) is 1.50. The Bertz CT molecular complexity index is 426. The smallest absolute Gasteiger partial charge is 0.146 e. The van der Waals surface area contributed by atoms with Crippen molar-refractivity contribution in [3.05, 3.63) is 34.6 Å². The van der Waals surface area contributed by atoms with Gasteiger partial charge in [0.1, 0.15) is 10.6 Å². The molecule has 19 heavy (non-hydrogen) atoms. The van der Waals surface area contributed by atoms with Gasteiger partial charge in [-0.25, -0.2) is 4.39 Å². The van der Waals surface area contributed by atoms with Gasteiger partial charge in [0.15, 0.2) is 0 Å². The molecule has 0 aliphatic rings. The molecule has 2 N–H and O–H groups in total. The molecule has 0 saturated carbocycles. The SMILES string of the molecule is CC(C)(C)[S+]([O-])NC(CCO)c1cccc(Cl)c1F. The fourth-order valence-corrected chi connectivity index (χ4v) is 2.54. The van der Waals surface area contributed by atoms with Gasteiger partial charge in [0.2, 0.25) is 0 Å². The Morgan fingerprint density at radius 2 is 2.11 bits per heavy atom. The van der Waals surface area contributed by atoms with Gasteiger partial charge in [0.25, 0.3) is 0 Å². The summed E-state index contributed by atoms with van der Waals surface area (Å²) in [6, 6.07) is 4.13. The van der Waals surface area contributed by atoms with E-state index in [2.05, 4.69) is 4.72 Å². The molecule has 0 spiro atoms. The lowest BCUT2D eigenvalue weighted by Gasteiger charge is -2.28. The first kappa shape index (κ1) is 16.7. The maximum Gasteiger partial charge on any atom is 0.146 e. The quantitative estimate of drug-likeness (QED) is 0.822. The van der Waals surface area contributed by atoms with Crippen LogP contribution in [0.5, 0.6) is 0 Å². The first-order chi connectivity index (χ1) is 8.77. The maximum absolute atomic E-state index is 14.0. The van der Waals surface area contributed by atoms with Crippen LogP contribution in [0.15, 0.2) is 18.2 Å². The highest BCUT2D eigenvalue weighted by Crippen LogP contribution is 2.27. The first-order valence-corrected chi connectivity index (χ1v) is 7.53. The molecule has 0 heterocycles. The van der Waals surface area contributed by atoms with Gasteiger partial charge in [-0.1, -0.05) is 23.7 Å². The van der Waals surface area contributed by atoms with E-state index in [1.54, 1.807) is 12.1 Å². The second-order valence-electron chi connectivity index (χ2n) is 5.21. The Balaban J connectivity index is 2.97. The largest absolute Gasteiger partial charge is 0.598 e. The van der Waals surface area contributed by atoms with Crippen LogP contribution >= 0.6 is 11.6 Å². The van der Waals surface area contributed by atoms with Gasteiger partial charge in [-0.15, -0.1) is 4.72 Å². The molecule has 1 aromatic rings. The Morgan fingerprint density at radius 3 is 2.63 bits per heavy atom. The highest BCUT2D eigenvalue weighted by molar-refractivity contribution is 7.90. The van der Waals surface area contributed by atoms with Gasteiger partial charge in [0.05, 0.1) is 11.1 Å². The zero-order chi connectivity index (χ0) is 14.6. The van der Waals surface area contributed by atoms with E-state index in [1.807, 2.05) is 20.8 Å². The third-order valence-corrected chi connectivity index (χ3v) is 4.48. The van der Waals surface area contributed by atoms with E-state index in [-0.39, 0.29) is 18.1 Å². The van der Waals surface area contributed by atoms with Gasteiger partial charge < -0.3 is 9.66 Å². The molecular formula is C13H19ClFNO2S. The van der Waals surface area contributed by atoms with Gasteiger partial charge in [-0.05, 0) is 33.3 Å². The zero-order valence-electron chi connectivity index (χ0n) is 11.2. The van der Waals surface area contributed by atoms with Crippen molar-refractivity contribution in [3.63, 3.8) is 0 Å². The minimum atomic E-state index is -1.36. The number of hydrogen-bond donors (Lipinski definition) is 2. The monoisotopic (exact) mass is 307 g/mol. The van der Waals surface area contributed by atoms with E-state index in [0.717, 1.165) is 0 Å². The van der Waals surface area contributed by atoms with Crippen LogP contribution in [0.4, 0.5) is 4.39 Å². The number of aliphatic hydroxyl groups excluding tert-OH is 1. The Hall–Kier alpha value is -0.330. The lowest BCUT2D eigenvalue weighted by molar-refractivity contribution is 0.271. The molecule has 2 unspecified atom stereocenters. The van der Waals surface area contributed by atoms with Crippen LogP contribution in [0.3, 0.4) is 0 Å². The summed E-state index contributed by atoms with van der Waals surface area (Å²) in [5.41, 5.74) is 0.319. The first-order valence-electron chi connectivity index (χ1n) is 6.00. The van der Waals surface area contributed by atoms with Crippen molar-refractivity contribution < 1.29 is 14.0 Å². The number of halogens is 2. The fraction of sp³-hybridized carbons (Fsp3) is 0.538. The predicted molar refractivity (Wildman–Crippen MR) is 76.9 cm³/mol. The summed E-state index contributed by atoms with van der Waals surface area (Å²) in [4.78, 5) is 0. The highest BCUT2D eigenvalue weighted by atomic mass is 35.5. The summed E-state index contributed by atoms with van der Waals surface area (Å²) < 4.78 is 28.4. The summed E-state index contributed by atoms with van der Waals surface area (Å²) in [5, 5.41) is 9.10. The van der Waals surface area contributed by atoms with Crippen molar-refractivity contribution in [2.24, 2.45) is 0 Å². The third kappa shape index (κ3) is 4.61. The third-order valence-electron chi connectivity index (χ3n) is 2.58. The summed E-state index contributed by atoms with van der Waals surface area (Å²) in [7, 11) is 0. The second kappa shape index (κ2) is 6.90. The topological polar surface area (TPSA) is 55.3 Å². The van der Waals surface area contributed by atoms with E-state index >= 15 is 0 Å². The van der Waals surface area contributed by atoms with Crippen molar-refractivity contribution >= 4 is 23.0 Å². The predicted octanol–water partition coefficient (Wildman–Crippen LogP) is 2.95. The summed E-state index contributed by atoms with van der Waals surface area (Å²) in [6.45, 7) is 5.33. The average molecular weight is 308 g/mol. The molecule has 3 nitrogen and oxygen atoms in total. The van der Waals surface area contributed by atoms with E-state index in [1.165, 1.54) is 6.07 Å². The van der Waals surface area contributed by atoms with Crippen LogP contribution in [0, 0.1) is 5.82 Å². The number of aliphatic hydroxyl groups is 1. The van der Waals surface area contributed by atoms with Crippen molar-refractivity contribution in [2.75, 3.05) is 6.61 Å². The summed E-state index contributed by atoms with van der Waals surface area (Å²) >= 11 is 4.39. The molecule has 2 atom stereocenters. The Labute approximate surface area is 121 Å². The molecule has 0 aromatic heterocycles. The van der Waals surface area contributed by atoms with Crippen molar-refractivity contribution in [1.29, 1.82) is 0 Å². The van der Waals surface area contributed by atoms with E-state index < -0.39 is 28.0 Å². The van der Waals surface area contributed by atoms with Gasteiger partial charge >= 0.3 is 0 Å². The minimum Gasteiger partial charge on any atom is -0.598 e. The number of nitrogens with one attached hydrogen (secondary N) is 1.